The van der Waals surface area contributed by atoms with Crippen LogP contribution >= 0.6 is 0 Å². The van der Waals surface area contributed by atoms with Gasteiger partial charge >= 0.3 is 6.09 Å². The Morgan fingerprint density at radius 3 is 2.10 bits per heavy atom. The second-order valence-corrected chi connectivity index (χ2v) is 11.4. The Bertz CT molecular complexity index is 1340. The van der Waals surface area contributed by atoms with E-state index in [4.69, 9.17) is 4.74 Å². The molecule has 2 fully saturated rings. The quantitative estimate of drug-likeness (QED) is 0.404. The number of carbonyl (C=O) groups is 3. The second-order valence-electron chi connectivity index (χ2n) is 11.4. The number of benzene rings is 1. The summed E-state index contributed by atoms with van der Waals surface area (Å²) in [5.41, 5.74) is 2.07. The summed E-state index contributed by atoms with van der Waals surface area (Å²) in [5.74, 6) is 0.396. The van der Waals surface area contributed by atoms with Crippen LogP contribution in [0.3, 0.4) is 0 Å². The van der Waals surface area contributed by atoms with Crippen LogP contribution in [0.25, 0.3) is 11.4 Å². The first-order valence-electron chi connectivity index (χ1n) is 13.7. The van der Waals surface area contributed by atoms with Crippen LogP contribution in [0.4, 0.5) is 4.79 Å². The number of ketones is 1. The second kappa shape index (κ2) is 11.5. The van der Waals surface area contributed by atoms with Gasteiger partial charge in [0.25, 0.3) is 5.91 Å². The lowest BCUT2D eigenvalue weighted by molar-refractivity contribution is 0.0142. The molecule has 0 bridgehead atoms. The number of ether oxygens (including phenoxy) is 1. The molecule has 0 radical (unpaired) electrons. The van der Waals surface area contributed by atoms with Crippen molar-refractivity contribution in [3.63, 3.8) is 0 Å². The van der Waals surface area contributed by atoms with Crippen molar-refractivity contribution in [2.45, 2.75) is 70.6 Å². The SMILES string of the molecule is CC(C)(C)OC(=O)N1CCC(N(C(=O)c2cnc(-c3ccc(C(=O)Cc4ccnnc4)cc3)nc2)C2CC2)CC1. The summed E-state index contributed by atoms with van der Waals surface area (Å²) in [6.45, 7) is 6.70. The average Bonchev–Trinajstić information content (AvgIpc) is 3.78. The fourth-order valence-electron chi connectivity index (χ4n) is 4.89. The van der Waals surface area contributed by atoms with E-state index < -0.39 is 5.60 Å². The van der Waals surface area contributed by atoms with Crippen molar-refractivity contribution < 1.29 is 19.1 Å². The van der Waals surface area contributed by atoms with Gasteiger partial charge in [-0.25, -0.2) is 14.8 Å². The Kier molecular flexibility index (Phi) is 7.86. The largest absolute Gasteiger partial charge is 0.444 e. The van der Waals surface area contributed by atoms with Crippen LogP contribution in [-0.2, 0) is 11.2 Å². The van der Waals surface area contributed by atoms with E-state index in [-0.39, 0.29) is 36.3 Å². The third kappa shape index (κ3) is 6.67. The molecule has 2 aromatic heterocycles. The van der Waals surface area contributed by atoms with Crippen molar-refractivity contribution in [2.75, 3.05) is 13.1 Å². The predicted molar refractivity (Wildman–Crippen MR) is 148 cm³/mol. The minimum absolute atomic E-state index is 0.0153. The zero-order chi connectivity index (χ0) is 28.3. The van der Waals surface area contributed by atoms with Gasteiger partial charge in [0.1, 0.15) is 5.60 Å². The average molecular weight is 543 g/mol. The Balaban J connectivity index is 1.21. The molecular formula is C30H34N6O4. The summed E-state index contributed by atoms with van der Waals surface area (Å²) in [7, 11) is 0. The van der Waals surface area contributed by atoms with Gasteiger partial charge in [-0.15, -0.1) is 0 Å². The molecule has 10 heteroatoms. The van der Waals surface area contributed by atoms with Crippen LogP contribution in [-0.4, -0.2) is 78.5 Å². The van der Waals surface area contributed by atoms with E-state index in [9.17, 15) is 14.4 Å². The number of rotatable bonds is 7. The fourth-order valence-corrected chi connectivity index (χ4v) is 4.89. The van der Waals surface area contributed by atoms with Crippen LogP contribution in [0.1, 0.15) is 72.7 Å². The Labute approximate surface area is 233 Å². The number of aromatic nitrogens is 4. The van der Waals surface area contributed by atoms with Gasteiger partial charge in [-0.3, -0.25) is 9.59 Å². The van der Waals surface area contributed by atoms with Gasteiger partial charge in [-0.2, -0.15) is 10.2 Å². The minimum atomic E-state index is -0.534. The molecule has 0 N–H and O–H groups in total. The summed E-state index contributed by atoms with van der Waals surface area (Å²) in [6, 6.07) is 9.19. The van der Waals surface area contributed by atoms with Gasteiger partial charge in [-0.1, -0.05) is 24.3 Å². The summed E-state index contributed by atoms with van der Waals surface area (Å²) < 4.78 is 5.51. The maximum absolute atomic E-state index is 13.5. The first-order valence-corrected chi connectivity index (χ1v) is 13.7. The molecule has 2 amide bonds. The zero-order valence-electron chi connectivity index (χ0n) is 23.1. The lowest BCUT2D eigenvalue weighted by Crippen LogP contribution is -2.50. The zero-order valence-corrected chi connectivity index (χ0v) is 23.1. The fraction of sp³-hybridized carbons (Fsp3) is 0.433. The van der Waals surface area contributed by atoms with Gasteiger partial charge in [0.15, 0.2) is 11.6 Å². The highest BCUT2D eigenvalue weighted by atomic mass is 16.6. The van der Waals surface area contributed by atoms with E-state index >= 15 is 0 Å². The molecule has 5 rings (SSSR count). The highest BCUT2D eigenvalue weighted by Gasteiger charge is 2.40. The van der Waals surface area contributed by atoms with Crippen LogP contribution in [0.15, 0.2) is 55.1 Å². The molecule has 1 aliphatic heterocycles. The predicted octanol–water partition coefficient (Wildman–Crippen LogP) is 4.36. The molecule has 0 unspecified atom stereocenters. The monoisotopic (exact) mass is 542 g/mol. The van der Waals surface area contributed by atoms with Crippen molar-refractivity contribution >= 4 is 17.8 Å². The van der Waals surface area contributed by atoms with E-state index in [1.807, 2.05) is 37.8 Å². The highest BCUT2D eigenvalue weighted by Crippen LogP contribution is 2.33. The van der Waals surface area contributed by atoms with E-state index in [0.717, 1.165) is 24.0 Å². The van der Waals surface area contributed by atoms with E-state index in [1.54, 1.807) is 47.9 Å². The first-order chi connectivity index (χ1) is 19.2. The molecular weight excluding hydrogens is 508 g/mol. The molecule has 1 aromatic carbocycles. The molecule has 1 aliphatic carbocycles. The van der Waals surface area contributed by atoms with E-state index in [1.165, 1.54) is 0 Å². The normalized spacial score (nSPS) is 15.9. The third-order valence-electron chi connectivity index (χ3n) is 7.06. The van der Waals surface area contributed by atoms with Crippen molar-refractivity contribution in [1.82, 2.24) is 30.0 Å². The Morgan fingerprint density at radius 1 is 0.875 bits per heavy atom. The van der Waals surface area contributed by atoms with E-state index in [0.29, 0.717) is 42.9 Å². The summed E-state index contributed by atoms with van der Waals surface area (Å²) in [6.07, 6.45) is 9.64. The minimum Gasteiger partial charge on any atom is -0.444 e. The van der Waals surface area contributed by atoms with Crippen molar-refractivity contribution in [1.29, 1.82) is 0 Å². The van der Waals surface area contributed by atoms with Crippen molar-refractivity contribution in [2.24, 2.45) is 0 Å². The van der Waals surface area contributed by atoms with Crippen molar-refractivity contribution in [3.8, 4) is 11.4 Å². The summed E-state index contributed by atoms with van der Waals surface area (Å²) in [4.78, 5) is 51.2. The smallest absolute Gasteiger partial charge is 0.410 e. The number of piperidine rings is 1. The molecule has 2 aliphatic rings. The molecule has 0 spiro atoms. The summed E-state index contributed by atoms with van der Waals surface area (Å²) >= 11 is 0. The number of carbonyl (C=O) groups excluding carboxylic acids is 3. The third-order valence-corrected chi connectivity index (χ3v) is 7.06. The standard InChI is InChI=1S/C30H34N6O4/c1-30(2,3)40-29(39)35-14-11-25(12-15-35)36(24-8-9-24)28(38)23-18-31-27(32-19-23)22-6-4-21(5-7-22)26(37)16-20-10-13-33-34-17-20/h4-7,10,13,17-19,24-25H,8-9,11-12,14-16H2,1-3H3. The first kappa shape index (κ1) is 27.4. The highest BCUT2D eigenvalue weighted by molar-refractivity contribution is 5.98. The molecule has 3 heterocycles. The lowest BCUT2D eigenvalue weighted by atomic mass is 10.0. The van der Waals surface area contributed by atoms with Crippen molar-refractivity contribution in [3.05, 3.63) is 71.8 Å². The lowest BCUT2D eigenvalue weighted by Gasteiger charge is -2.39. The van der Waals surface area contributed by atoms with Gasteiger partial charge < -0.3 is 14.5 Å². The molecule has 1 saturated heterocycles. The van der Waals surface area contributed by atoms with Crippen LogP contribution in [0, 0.1) is 0 Å². The van der Waals surface area contributed by atoms with Crippen LogP contribution in [0.5, 0.6) is 0 Å². The number of Topliss-reactive ketones (excluding diaryl/α,β-unsaturated/α-hetero) is 1. The van der Waals surface area contributed by atoms with Gasteiger partial charge in [0, 0.05) is 61.3 Å². The van der Waals surface area contributed by atoms with Crippen LogP contribution in [0.2, 0.25) is 0 Å². The number of likely N-dealkylation sites (tertiary alicyclic amines) is 1. The Hall–Kier alpha value is -4.21. The van der Waals surface area contributed by atoms with E-state index in [2.05, 4.69) is 20.2 Å². The maximum atomic E-state index is 13.5. The van der Waals surface area contributed by atoms with Gasteiger partial charge in [0.05, 0.1) is 11.8 Å². The number of amides is 2. The molecule has 3 aromatic rings. The van der Waals surface area contributed by atoms with Crippen LogP contribution < -0.4 is 0 Å². The maximum Gasteiger partial charge on any atom is 0.410 e. The topological polar surface area (TPSA) is 118 Å². The molecule has 1 saturated carbocycles. The molecule has 40 heavy (non-hydrogen) atoms. The molecule has 10 nitrogen and oxygen atoms in total. The van der Waals surface area contributed by atoms with Gasteiger partial charge in [0.2, 0.25) is 0 Å². The molecule has 0 atom stereocenters. The number of hydrogen-bond acceptors (Lipinski definition) is 8. The van der Waals surface area contributed by atoms with Gasteiger partial charge in [-0.05, 0) is 58.1 Å². The number of nitrogens with zero attached hydrogens (tertiary/aromatic N) is 6. The summed E-state index contributed by atoms with van der Waals surface area (Å²) in [5, 5.41) is 7.54. The Morgan fingerprint density at radius 2 is 1.52 bits per heavy atom. The molecule has 208 valence electrons. The number of hydrogen-bond donors (Lipinski definition) is 0.